The van der Waals surface area contributed by atoms with Crippen LogP contribution in [0.3, 0.4) is 0 Å². The van der Waals surface area contributed by atoms with E-state index in [0.717, 1.165) is 63.4 Å². The molecule has 5 fully saturated rings. The first-order valence-electron chi connectivity index (χ1n) is 14.4. The molecule has 2 heterocycles. The van der Waals surface area contributed by atoms with E-state index in [1.807, 2.05) is 0 Å². The molecule has 4 N–H and O–H groups in total. The Bertz CT molecular complexity index is 952. The molecule has 0 aromatic carbocycles. The third kappa shape index (κ3) is 3.80. The minimum absolute atomic E-state index is 0.0661. The molecule has 0 aromatic rings. The summed E-state index contributed by atoms with van der Waals surface area (Å²) in [5, 5.41) is 43.0. The smallest absolute Gasteiger partial charge is 0.331 e. The lowest BCUT2D eigenvalue weighted by Gasteiger charge is -2.64. The number of fused-ring (bicyclic) bond motifs is 5. The summed E-state index contributed by atoms with van der Waals surface area (Å²) >= 11 is 0. The third-order valence-electron chi connectivity index (χ3n) is 12.1. The van der Waals surface area contributed by atoms with Gasteiger partial charge in [0.25, 0.3) is 0 Å². The van der Waals surface area contributed by atoms with Crippen LogP contribution in [0.4, 0.5) is 0 Å². The number of cyclic esters (lactones) is 1. The predicted octanol–water partition coefficient (Wildman–Crippen LogP) is 2.46. The van der Waals surface area contributed by atoms with E-state index in [9.17, 15) is 25.2 Å². The summed E-state index contributed by atoms with van der Waals surface area (Å²) in [5.74, 6) is 1.14. The van der Waals surface area contributed by atoms with E-state index in [4.69, 9.17) is 14.2 Å². The Morgan fingerprint density at radius 1 is 0.946 bits per heavy atom. The van der Waals surface area contributed by atoms with Crippen molar-refractivity contribution in [1.82, 2.24) is 0 Å². The fourth-order valence-electron chi connectivity index (χ4n) is 9.81. The minimum atomic E-state index is -1.28. The van der Waals surface area contributed by atoms with Gasteiger partial charge in [-0.05, 0) is 99.4 Å². The normalized spacial score (nSPS) is 55.6. The van der Waals surface area contributed by atoms with Gasteiger partial charge in [0, 0.05) is 11.5 Å². The van der Waals surface area contributed by atoms with Crippen molar-refractivity contribution in [2.45, 2.75) is 121 Å². The molecule has 208 valence electrons. The van der Waals surface area contributed by atoms with Gasteiger partial charge in [-0.3, -0.25) is 0 Å². The number of hydrogen-bond acceptors (Lipinski definition) is 8. The van der Waals surface area contributed by atoms with Crippen LogP contribution in [0.1, 0.15) is 78.6 Å². The van der Waals surface area contributed by atoms with Gasteiger partial charge in [-0.1, -0.05) is 13.8 Å². The van der Waals surface area contributed by atoms with Crippen molar-refractivity contribution in [1.29, 1.82) is 0 Å². The number of carbonyl (C=O) groups excluding carboxylic acids is 1. The van der Waals surface area contributed by atoms with E-state index >= 15 is 0 Å². The van der Waals surface area contributed by atoms with Gasteiger partial charge >= 0.3 is 5.97 Å². The summed E-state index contributed by atoms with van der Waals surface area (Å²) in [7, 11) is 0. The molecule has 4 saturated carbocycles. The lowest BCUT2D eigenvalue weighted by atomic mass is 9.43. The van der Waals surface area contributed by atoms with Gasteiger partial charge in [0.15, 0.2) is 6.29 Å². The van der Waals surface area contributed by atoms with E-state index < -0.39 is 36.3 Å². The van der Waals surface area contributed by atoms with Crippen LogP contribution < -0.4 is 0 Å². The average Bonchev–Trinajstić information content (AvgIpc) is 3.41. The molecule has 0 spiro atoms. The van der Waals surface area contributed by atoms with E-state index in [1.54, 1.807) is 13.0 Å². The molecule has 37 heavy (non-hydrogen) atoms. The SMILES string of the molecule is C[C@H]1OC(O[C@H]2CC[C@@]3(C)[C@H](CC[C@@H]4[C@@H]3CC[C@]3(C)[C@@H](C5=CC(=O)OC5)CC[C@]43O)C2)[C@H](O)[C@H](O)[C@@H]1O. The first-order chi connectivity index (χ1) is 17.5. The molecule has 8 nitrogen and oxygen atoms in total. The second-order valence-electron chi connectivity index (χ2n) is 13.5. The molecular weight excluding hydrogens is 476 g/mol. The molecule has 4 aliphatic carbocycles. The summed E-state index contributed by atoms with van der Waals surface area (Å²) in [5.41, 5.74) is 0.243. The van der Waals surface area contributed by atoms with Crippen LogP contribution in [0, 0.1) is 34.5 Å². The molecule has 1 unspecified atom stereocenters. The number of hydrogen-bond donors (Lipinski definition) is 4. The average molecular weight is 521 g/mol. The Kier molecular flexibility index (Phi) is 6.37. The molecule has 2 aliphatic heterocycles. The van der Waals surface area contributed by atoms with Crippen molar-refractivity contribution in [2.24, 2.45) is 34.5 Å². The maximum Gasteiger partial charge on any atom is 0.331 e. The number of ether oxygens (including phenoxy) is 3. The fourth-order valence-corrected chi connectivity index (χ4v) is 9.81. The zero-order valence-corrected chi connectivity index (χ0v) is 22.3. The van der Waals surface area contributed by atoms with Crippen molar-refractivity contribution in [3.63, 3.8) is 0 Å². The summed E-state index contributed by atoms with van der Waals surface area (Å²) in [6, 6.07) is 0. The molecule has 1 saturated heterocycles. The van der Waals surface area contributed by atoms with Crippen LogP contribution in [-0.4, -0.2) is 75.4 Å². The Hall–Kier alpha value is -1.03. The predicted molar refractivity (Wildman–Crippen MR) is 133 cm³/mol. The Morgan fingerprint density at radius 3 is 2.46 bits per heavy atom. The number of rotatable bonds is 3. The van der Waals surface area contributed by atoms with Crippen molar-refractivity contribution in [3.8, 4) is 0 Å². The first kappa shape index (κ1) is 26.2. The monoisotopic (exact) mass is 520 g/mol. The standard InChI is InChI=1S/C29H44O8/c1-15-23(31)24(32)25(33)26(36-15)37-18-6-9-27(2)17(13-18)4-5-21-20(27)7-10-28(3)19(8-11-29(21,28)34)16-12-22(30)35-14-16/h12,15,17-21,23-26,31-34H,4-11,13-14H2,1-3H3/t15-,17-,18+,19-,20+,21-,23-,24-,25-,26?,27+,28-,29+/m1/s1. The second-order valence-corrected chi connectivity index (χ2v) is 13.5. The topological polar surface area (TPSA) is 126 Å². The van der Waals surface area contributed by atoms with Gasteiger partial charge < -0.3 is 34.6 Å². The highest BCUT2D eigenvalue weighted by Gasteiger charge is 2.67. The molecule has 0 bridgehead atoms. The summed E-state index contributed by atoms with van der Waals surface area (Å²) in [4.78, 5) is 11.8. The molecule has 6 rings (SSSR count). The highest BCUT2D eigenvalue weighted by Crippen LogP contribution is 2.70. The molecule has 0 aromatic heterocycles. The number of aliphatic hydroxyl groups is 4. The minimum Gasteiger partial charge on any atom is -0.458 e. The van der Waals surface area contributed by atoms with Gasteiger partial charge in [-0.15, -0.1) is 0 Å². The summed E-state index contributed by atoms with van der Waals surface area (Å²) in [6.45, 7) is 6.73. The highest BCUT2D eigenvalue weighted by atomic mass is 16.7. The maximum absolute atomic E-state index is 12.4. The van der Waals surface area contributed by atoms with Crippen LogP contribution >= 0.6 is 0 Å². The Morgan fingerprint density at radius 2 is 1.73 bits per heavy atom. The van der Waals surface area contributed by atoms with Gasteiger partial charge in [0.2, 0.25) is 0 Å². The van der Waals surface area contributed by atoms with Gasteiger partial charge in [-0.25, -0.2) is 4.79 Å². The van der Waals surface area contributed by atoms with Crippen LogP contribution in [0.5, 0.6) is 0 Å². The third-order valence-corrected chi connectivity index (χ3v) is 12.1. The molecular formula is C29H44O8. The van der Waals surface area contributed by atoms with Gasteiger partial charge in [0.1, 0.15) is 24.9 Å². The fraction of sp³-hybridized carbons (Fsp3) is 0.897. The van der Waals surface area contributed by atoms with Crippen LogP contribution in [0.2, 0.25) is 0 Å². The van der Waals surface area contributed by atoms with Gasteiger partial charge in [0.05, 0.1) is 17.8 Å². The van der Waals surface area contributed by atoms with E-state index in [2.05, 4.69) is 13.8 Å². The molecule has 0 radical (unpaired) electrons. The summed E-state index contributed by atoms with van der Waals surface area (Å²) < 4.78 is 17.2. The van der Waals surface area contributed by atoms with Crippen molar-refractivity contribution >= 4 is 5.97 Å². The zero-order chi connectivity index (χ0) is 26.3. The van der Waals surface area contributed by atoms with Crippen molar-refractivity contribution in [3.05, 3.63) is 11.6 Å². The number of carbonyl (C=O) groups is 1. The van der Waals surface area contributed by atoms with E-state index in [0.29, 0.717) is 18.4 Å². The van der Waals surface area contributed by atoms with Gasteiger partial charge in [-0.2, -0.15) is 0 Å². The lowest BCUT2D eigenvalue weighted by Crippen LogP contribution is -2.62. The second kappa shape index (κ2) is 9.00. The number of esters is 1. The van der Waals surface area contributed by atoms with Crippen LogP contribution in [-0.2, 0) is 19.0 Å². The molecule has 6 aliphatic rings. The highest BCUT2D eigenvalue weighted by molar-refractivity contribution is 5.85. The molecule has 8 heteroatoms. The van der Waals surface area contributed by atoms with Crippen molar-refractivity contribution in [2.75, 3.05) is 6.61 Å². The molecule has 0 amide bonds. The van der Waals surface area contributed by atoms with Crippen LogP contribution in [0.25, 0.3) is 0 Å². The van der Waals surface area contributed by atoms with E-state index in [-0.39, 0.29) is 34.7 Å². The summed E-state index contributed by atoms with van der Waals surface area (Å²) in [6.07, 6.45) is 4.88. The first-order valence-corrected chi connectivity index (χ1v) is 14.4. The van der Waals surface area contributed by atoms with E-state index in [1.165, 1.54) is 0 Å². The Balaban J connectivity index is 1.16. The number of aliphatic hydroxyl groups excluding tert-OH is 3. The lowest BCUT2D eigenvalue weighted by molar-refractivity contribution is -0.310. The maximum atomic E-state index is 12.4. The van der Waals surface area contributed by atoms with Crippen molar-refractivity contribution < 1.29 is 39.4 Å². The largest absolute Gasteiger partial charge is 0.458 e. The molecule has 13 atom stereocenters. The van der Waals surface area contributed by atoms with Crippen LogP contribution in [0.15, 0.2) is 11.6 Å². The quantitative estimate of drug-likeness (QED) is 0.330. The Labute approximate surface area is 219 Å². The zero-order valence-electron chi connectivity index (χ0n) is 22.3.